The van der Waals surface area contributed by atoms with Crippen molar-refractivity contribution in [2.45, 2.75) is 12.5 Å². The first-order chi connectivity index (χ1) is 14.7. The fourth-order valence-corrected chi connectivity index (χ4v) is 5.03. The van der Waals surface area contributed by atoms with Crippen LogP contribution in [0.1, 0.15) is 17.4 Å². The summed E-state index contributed by atoms with van der Waals surface area (Å²) in [7, 11) is 4.62. The van der Waals surface area contributed by atoms with Crippen LogP contribution in [0.2, 0.25) is 0 Å². The highest BCUT2D eigenvalue weighted by Crippen LogP contribution is 2.33. The molecule has 0 spiro atoms. The van der Waals surface area contributed by atoms with E-state index >= 15 is 0 Å². The van der Waals surface area contributed by atoms with Crippen LogP contribution in [0.3, 0.4) is 0 Å². The maximum Gasteiger partial charge on any atom is 0.410 e. The summed E-state index contributed by atoms with van der Waals surface area (Å²) < 4.78 is 11.7. The summed E-state index contributed by atoms with van der Waals surface area (Å²) in [5.74, 6) is 1.72. The molecule has 8 heteroatoms. The number of carbonyl (C=O) groups is 1. The summed E-state index contributed by atoms with van der Waals surface area (Å²) in [6, 6.07) is 18.3. The molecule has 160 valence electrons. The zero-order chi connectivity index (χ0) is 21.2. The number of aliphatic hydroxyl groups is 1. The molecule has 2 aromatic carbocycles. The number of thiophene rings is 1. The Balaban J connectivity index is 1.60. The summed E-state index contributed by atoms with van der Waals surface area (Å²) in [6.45, 7) is 0.632. The second kappa shape index (κ2) is 12.1. The van der Waals surface area contributed by atoms with Crippen LogP contribution in [0.15, 0.2) is 60.0 Å². The molecule has 0 bridgehead atoms. The maximum atomic E-state index is 12.2. The molecule has 5 nitrogen and oxygen atoms in total. The molecule has 1 atom stereocenters. The number of aliphatic hydroxyl groups excluding tert-OH is 1. The van der Waals surface area contributed by atoms with E-state index in [1.165, 1.54) is 21.6 Å². The van der Waals surface area contributed by atoms with Crippen LogP contribution in [-0.4, -0.2) is 48.0 Å². The van der Waals surface area contributed by atoms with Crippen LogP contribution in [0, 0.1) is 0 Å². The van der Waals surface area contributed by atoms with Crippen molar-refractivity contribution >= 4 is 49.8 Å². The number of benzene rings is 2. The van der Waals surface area contributed by atoms with E-state index in [9.17, 15) is 4.79 Å². The standard InChI is InChI=1S/C22H25NO4S3/c1-23(22(25)26-16-30-29-15-13-24)12-11-20(21-10-5-14-28-21)27-19-9-4-7-17-6-2-3-8-18(17)19/h2-10,14,20,24H,11-13,15-16H2,1H3. The first-order valence-electron chi connectivity index (χ1n) is 9.60. The molecule has 0 fully saturated rings. The summed E-state index contributed by atoms with van der Waals surface area (Å²) >= 11 is 1.65. The molecule has 0 saturated carbocycles. The van der Waals surface area contributed by atoms with Crippen molar-refractivity contribution in [1.82, 2.24) is 4.90 Å². The zero-order valence-electron chi connectivity index (χ0n) is 16.7. The van der Waals surface area contributed by atoms with Crippen molar-refractivity contribution in [1.29, 1.82) is 0 Å². The molecule has 1 N–H and O–H groups in total. The van der Waals surface area contributed by atoms with Gasteiger partial charge in [-0.3, -0.25) is 0 Å². The molecule has 1 unspecified atom stereocenters. The fourth-order valence-electron chi connectivity index (χ4n) is 2.90. The minimum Gasteiger partial charge on any atom is -0.484 e. The van der Waals surface area contributed by atoms with E-state index in [1.807, 2.05) is 35.7 Å². The average molecular weight is 464 g/mol. The van der Waals surface area contributed by atoms with Gasteiger partial charge in [-0.05, 0) is 22.9 Å². The lowest BCUT2D eigenvalue weighted by atomic mass is 10.1. The van der Waals surface area contributed by atoms with Gasteiger partial charge in [-0.15, -0.1) is 11.3 Å². The van der Waals surface area contributed by atoms with Crippen LogP contribution in [0.5, 0.6) is 5.75 Å². The molecule has 3 rings (SSSR count). The molecule has 3 aromatic rings. The van der Waals surface area contributed by atoms with Gasteiger partial charge >= 0.3 is 6.09 Å². The second-order valence-corrected chi connectivity index (χ2v) is 10.0. The highest BCUT2D eigenvalue weighted by molar-refractivity contribution is 8.76. The molecule has 30 heavy (non-hydrogen) atoms. The maximum absolute atomic E-state index is 12.2. The van der Waals surface area contributed by atoms with Gasteiger partial charge in [0.25, 0.3) is 0 Å². The largest absolute Gasteiger partial charge is 0.484 e. The number of hydrogen-bond donors (Lipinski definition) is 1. The average Bonchev–Trinajstić information content (AvgIpc) is 3.31. The van der Waals surface area contributed by atoms with Gasteiger partial charge in [-0.25, -0.2) is 4.79 Å². The van der Waals surface area contributed by atoms with E-state index in [4.69, 9.17) is 14.6 Å². The quantitative estimate of drug-likeness (QED) is 0.220. The Kier molecular flexibility index (Phi) is 9.20. The summed E-state index contributed by atoms with van der Waals surface area (Å²) in [5.41, 5.74) is 0. The van der Waals surface area contributed by atoms with E-state index in [2.05, 4.69) is 24.3 Å². The lowest BCUT2D eigenvalue weighted by Gasteiger charge is -2.22. The monoisotopic (exact) mass is 463 g/mol. The van der Waals surface area contributed by atoms with Crippen LogP contribution >= 0.6 is 32.9 Å². The third kappa shape index (κ3) is 6.57. The minimum atomic E-state index is -0.359. The number of carbonyl (C=O) groups excluding carboxylic acids is 1. The second-order valence-electron chi connectivity index (χ2n) is 6.50. The SMILES string of the molecule is CN(CCC(Oc1cccc2ccccc12)c1cccs1)C(=O)OCSSCCO. The van der Waals surface area contributed by atoms with Crippen molar-refractivity contribution in [3.8, 4) is 5.75 Å². The third-order valence-corrected chi connectivity index (χ3v) is 7.39. The molecule has 0 radical (unpaired) electrons. The van der Waals surface area contributed by atoms with Gasteiger partial charge in [-0.2, -0.15) is 0 Å². The van der Waals surface area contributed by atoms with Crippen molar-refractivity contribution in [2.75, 3.05) is 31.9 Å². The van der Waals surface area contributed by atoms with Crippen molar-refractivity contribution in [3.63, 3.8) is 0 Å². The lowest BCUT2D eigenvalue weighted by molar-refractivity contribution is 0.119. The number of ether oxygens (including phenoxy) is 2. The Bertz CT molecular complexity index is 914. The number of rotatable bonds is 11. The molecule has 1 heterocycles. The number of fused-ring (bicyclic) bond motifs is 1. The van der Waals surface area contributed by atoms with Gasteiger partial charge < -0.3 is 19.5 Å². The molecule has 1 aromatic heterocycles. The minimum absolute atomic E-state index is 0.117. The van der Waals surface area contributed by atoms with Gasteiger partial charge in [0, 0.05) is 36.0 Å². The van der Waals surface area contributed by atoms with E-state index < -0.39 is 0 Å². The van der Waals surface area contributed by atoms with E-state index in [1.54, 1.807) is 23.3 Å². The Labute approximate surface area is 188 Å². The third-order valence-electron chi connectivity index (χ3n) is 4.41. The van der Waals surface area contributed by atoms with Gasteiger partial charge in [0.05, 0.1) is 6.61 Å². The molecule has 0 aliphatic rings. The Morgan fingerprint density at radius 1 is 1.13 bits per heavy atom. The number of hydrogen-bond acceptors (Lipinski definition) is 7. The molecular weight excluding hydrogens is 438 g/mol. The highest BCUT2D eigenvalue weighted by atomic mass is 33.1. The molecule has 0 aliphatic carbocycles. The first-order valence-corrected chi connectivity index (χ1v) is 13.0. The van der Waals surface area contributed by atoms with Crippen molar-refractivity contribution in [2.24, 2.45) is 0 Å². The summed E-state index contributed by atoms with van der Waals surface area (Å²) in [5, 5.41) is 13.0. The number of nitrogens with zero attached hydrogens (tertiary/aromatic N) is 1. The van der Waals surface area contributed by atoms with Gasteiger partial charge in [0.2, 0.25) is 0 Å². The topological polar surface area (TPSA) is 59.0 Å². The molecular formula is C22H25NO4S3. The Hall–Kier alpha value is -1.87. The Morgan fingerprint density at radius 2 is 1.97 bits per heavy atom. The van der Waals surface area contributed by atoms with Crippen LogP contribution in [0.4, 0.5) is 4.79 Å². The van der Waals surface area contributed by atoms with Gasteiger partial charge in [0.1, 0.15) is 17.8 Å². The van der Waals surface area contributed by atoms with Gasteiger partial charge in [0.15, 0.2) is 0 Å². The van der Waals surface area contributed by atoms with E-state index in [0.29, 0.717) is 18.7 Å². The van der Waals surface area contributed by atoms with E-state index in [-0.39, 0.29) is 24.7 Å². The number of amides is 1. The van der Waals surface area contributed by atoms with Crippen molar-refractivity contribution in [3.05, 3.63) is 64.9 Å². The Morgan fingerprint density at radius 3 is 2.77 bits per heavy atom. The first kappa shape index (κ1) is 22.8. The highest BCUT2D eigenvalue weighted by Gasteiger charge is 2.19. The van der Waals surface area contributed by atoms with Crippen LogP contribution in [0.25, 0.3) is 10.8 Å². The fraction of sp³-hybridized carbons (Fsp3) is 0.318. The van der Waals surface area contributed by atoms with Gasteiger partial charge in [-0.1, -0.05) is 64.1 Å². The lowest BCUT2D eigenvalue weighted by Crippen LogP contribution is -2.29. The summed E-state index contributed by atoms with van der Waals surface area (Å²) in [6.07, 6.45) is 0.143. The normalized spacial score (nSPS) is 11.9. The predicted molar refractivity (Wildman–Crippen MR) is 127 cm³/mol. The molecule has 0 aliphatic heterocycles. The van der Waals surface area contributed by atoms with E-state index in [0.717, 1.165) is 21.4 Å². The van der Waals surface area contributed by atoms with Crippen molar-refractivity contribution < 1.29 is 19.4 Å². The zero-order valence-corrected chi connectivity index (χ0v) is 19.2. The molecule has 0 saturated heterocycles. The summed E-state index contributed by atoms with van der Waals surface area (Å²) in [4.78, 5) is 14.9. The van der Waals surface area contributed by atoms with Crippen LogP contribution in [-0.2, 0) is 4.74 Å². The van der Waals surface area contributed by atoms with Crippen LogP contribution < -0.4 is 4.74 Å². The molecule has 1 amide bonds. The smallest absolute Gasteiger partial charge is 0.410 e. The predicted octanol–water partition coefficient (Wildman–Crippen LogP) is 5.81.